The van der Waals surface area contributed by atoms with Crippen molar-refractivity contribution in [2.75, 3.05) is 32.7 Å². The van der Waals surface area contributed by atoms with E-state index >= 15 is 0 Å². The highest BCUT2D eigenvalue weighted by atomic mass is 16.2. The van der Waals surface area contributed by atoms with Gasteiger partial charge in [0.25, 0.3) is 0 Å². The molecule has 0 atom stereocenters. The fourth-order valence-electron chi connectivity index (χ4n) is 2.94. The summed E-state index contributed by atoms with van der Waals surface area (Å²) in [6.07, 6.45) is 6.42. The maximum atomic E-state index is 12.2. The molecule has 1 fully saturated rings. The van der Waals surface area contributed by atoms with Crippen molar-refractivity contribution in [3.8, 4) is 0 Å². The van der Waals surface area contributed by atoms with Crippen LogP contribution < -0.4 is 5.32 Å². The van der Waals surface area contributed by atoms with Crippen molar-refractivity contribution in [3.63, 3.8) is 0 Å². The summed E-state index contributed by atoms with van der Waals surface area (Å²) in [7, 11) is 0. The van der Waals surface area contributed by atoms with Gasteiger partial charge in [0.05, 0.1) is 6.33 Å². The van der Waals surface area contributed by atoms with Crippen molar-refractivity contribution >= 4 is 6.03 Å². The average Bonchev–Trinajstić information content (AvgIpc) is 3.13. The number of nitrogens with zero attached hydrogens (tertiary/aromatic N) is 4. The molecule has 6 nitrogen and oxygen atoms in total. The minimum atomic E-state index is 0.0555. The molecule has 0 radical (unpaired) electrons. The second-order valence-electron chi connectivity index (χ2n) is 6.13. The molecule has 0 aliphatic carbocycles. The first kappa shape index (κ1) is 16.5. The van der Waals surface area contributed by atoms with Crippen LogP contribution in [0.3, 0.4) is 0 Å². The van der Waals surface area contributed by atoms with E-state index in [4.69, 9.17) is 0 Å². The number of hydrogen-bond acceptors (Lipinski definition) is 3. The summed E-state index contributed by atoms with van der Waals surface area (Å²) in [6.45, 7) is 5.97. The molecule has 0 bridgehead atoms. The fraction of sp³-hybridized carbons (Fsp3) is 0.444. The number of piperazine rings is 1. The summed E-state index contributed by atoms with van der Waals surface area (Å²) in [5.41, 5.74) is 1.33. The fourth-order valence-corrected chi connectivity index (χ4v) is 2.94. The number of hydrogen-bond donors (Lipinski definition) is 1. The Hall–Kier alpha value is -2.34. The summed E-state index contributed by atoms with van der Waals surface area (Å²) in [6, 6.07) is 10.5. The Morgan fingerprint density at radius 1 is 1.12 bits per heavy atom. The van der Waals surface area contributed by atoms with Crippen molar-refractivity contribution in [2.24, 2.45) is 0 Å². The summed E-state index contributed by atoms with van der Waals surface area (Å²) in [5.74, 6) is 0. The molecule has 1 aliphatic heterocycles. The van der Waals surface area contributed by atoms with Gasteiger partial charge in [0.1, 0.15) is 0 Å². The average molecular weight is 327 g/mol. The van der Waals surface area contributed by atoms with Crippen LogP contribution in [0.15, 0.2) is 49.1 Å². The van der Waals surface area contributed by atoms with E-state index in [1.807, 2.05) is 21.7 Å². The molecular weight excluding hydrogens is 302 g/mol. The van der Waals surface area contributed by atoms with Gasteiger partial charge in [-0.1, -0.05) is 30.3 Å². The van der Waals surface area contributed by atoms with Gasteiger partial charge in [-0.05, 0) is 12.0 Å². The van der Waals surface area contributed by atoms with Crippen molar-refractivity contribution in [1.29, 1.82) is 0 Å². The van der Waals surface area contributed by atoms with Crippen LogP contribution in [-0.2, 0) is 13.1 Å². The zero-order valence-corrected chi connectivity index (χ0v) is 14.0. The van der Waals surface area contributed by atoms with Crippen molar-refractivity contribution in [2.45, 2.75) is 19.5 Å². The SMILES string of the molecule is O=C(NCCCn1ccnc1)N1CCN(Cc2ccccc2)CC1. The van der Waals surface area contributed by atoms with Gasteiger partial charge in [0, 0.05) is 58.2 Å². The van der Waals surface area contributed by atoms with E-state index in [-0.39, 0.29) is 6.03 Å². The lowest BCUT2D eigenvalue weighted by molar-refractivity contribution is 0.135. The highest BCUT2D eigenvalue weighted by Gasteiger charge is 2.20. The van der Waals surface area contributed by atoms with Gasteiger partial charge in [-0.15, -0.1) is 0 Å². The Balaban J connectivity index is 1.33. The van der Waals surface area contributed by atoms with Gasteiger partial charge in [0.2, 0.25) is 0 Å². The normalized spacial score (nSPS) is 15.4. The number of amides is 2. The highest BCUT2D eigenvalue weighted by Crippen LogP contribution is 2.08. The molecule has 1 aromatic heterocycles. The molecule has 2 aromatic rings. The van der Waals surface area contributed by atoms with Gasteiger partial charge >= 0.3 is 6.03 Å². The molecule has 3 rings (SSSR count). The molecule has 2 amide bonds. The van der Waals surface area contributed by atoms with Crippen LogP contribution in [0.25, 0.3) is 0 Å². The first-order chi connectivity index (χ1) is 11.8. The molecule has 1 N–H and O–H groups in total. The topological polar surface area (TPSA) is 53.4 Å². The quantitative estimate of drug-likeness (QED) is 0.823. The van der Waals surface area contributed by atoms with Crippen LogP contribution in [0, 0.1) is 0 Å². The standard InChI is InChI=1S/C18H25N5O/c24-18(20-7-4-9-22-10-8-19-16-22)23-13-11-21(12-14-23)15-17-5-2-1-3-6-17/h1-3,5-6,8,10,16H,4,7,9,11-15H2,(H,20,24). The smallest absolute Gasteiger partial charge is 0.317 e. The number of nitrogens with one attached hydrogen (secondary N) is 1. The van der Waals surface area contributed by atoms with Crippen LogP contribution >= 0.6 is 0 Å². The molecule has 1 saturated heterocycles. The first-order valence-electron chi connectivity index (χ1n) is 8.56. The van der Waals surface area contributed by atoms with Gasteiger partial charge < -0.3 is 14.8 Å². The molecular formula is C18H25N5O. The maximum absolute atomic E-state index is 12.2. The summed E-state index contributed by atoms with van der Waals surface area (Å²) < 4.78 is 2.02. The Morgan fingerprint density at radius 3 is 2.62 bits per heavy atom. The van der Waals surface area contributed by atoms with Crippen molar-refractivity contribution in [3.05, 3.63) is 54.6 Å². The third-order valence-electron chi connectivity index (χ3n) is 4.34. The predicted molar refractivity (Wildman–Crippen MR) is 93.5 cm³/mol. The van der Waals surface area contributed by atoms with Crippen LogP contribution in [0.5, 0.6) is 0 Å². The summed E-state index contributed by atoms with van der Waals surface area (Å²) in [4.78, 5) is 20.5. The molecule has 128 valence electrons. The zero-order valence-electron chi connectivity index (χ0n) is 14.0. The van der Waals surface area contributed by atoms with E-state index < -0.39 is 0 Å². The molecule has 0 spiro atoms. The van der Waals surface area contributed by atoms with E-state index in [1.165, 1.54) is 5.56 Å². The molecule has 1 aromatic carbocycles. The molecule has 0 saturated carbocycles. The Labute approximate surface area is 143 Å². The van der Waals surface area contributed by atoms with Gasteiger partial charge in [-0.2, -0.15) is 0 Å². The number of urea groups is 1. The molecule has 6 heteroatoms. The number of rotatable bonds is 6. The van der Waals surface area contributed by atoms with E-state index in [9.17, 15) is 4.79 Å². The third kappa shape index (κ3) is 4.83. The van der Waals surface area contributed by atoms with E-state index in [0.29, 0.717) is 6.54 Å². The van der Waals surface area contributed by atoms with Crippen molar-refractivity contribution in [1.82, 2.24) is 24.7 Å². The second-order valence-corrected chi connectivity index (χ2v) is 6.13. The molecule has 2 heterocycles. The molecule has 0 unspecified atom stereocenters. The van der Waals surface area contributed by atoms with E-state index in [2.05, 4.69) is 39.5 Å². The first-order valence-corrected chi connectivity index (χ1v) is 8.56. The number of carbonyl (C=O) groups is 1. The number of carbonyl (C=O) groups excluding carboxylic acids is 1. The Kier molecular flexibility index (Phi) is 5.85. The summed E-state index contributed by atoms with van der Waals surface area (Å²) >= 11 is 0. The number of imidazole rings is 1. The second kappa shape index (κ2) is 8.49. The Bertz CT molecular complexity index is 606. The van der Waals surface area contributed by atoms with Crippen LogP contribution in [0.4, 0.5) is 4.79 Å². The molecule has 24 heavy (non-hydrogen) atoms. The monoisotopic (exact) mass is 327 g/mol. The lowest BCUT2D eigenvalue weighted by Crippen LogP contribution is -2.51. The van der Waals surface area contributed by atoms with Gasteiger partial charge in [-0.25, -0.2) is 9.78 Å². The van der Waals surface area contributed by atoms with E-state index in [0.717, 1.165) is 45.7 Å². The minimum absolute atomic E-state index is 0.0555. The van der Waals surface area contributed by atoms with Crippen LogP contribution in [0.1, 0.15) is 12.0 Å². The van der Waals surface area contributed by atoms with Crippen molar-refractivity contribution < 1.29 is 4.79 Å². The molecule has 1 aliphatic rings. The third-order valence-corrected chi connectivity index (χ3v) is 4.34. The van der Waals surface area contributed by atoms with Gasteiger partial charge in [-0.3, -0.25) is 4.90 Å². The number of aromatic nitrogens is 2. The van der Waals surface area contributed by atoms with Gasteiger partial charge in [0.15, 0.2) is 0 Å². The summed E-state index contributed by atoms with van der Waals surface area (Å²) in [5, 5.41) is 3.01. The lowest BCUT2D eigenvalue weighted by Gasteiger charge is -2.34. The van der Waals surface area contributed by atoms with E-state index in [1.54, 1.807) is 12.5 Å². The van der Waals surface area contributed by atoms with Crippen LogP contribution in [0.2, 0.25) is 0 Å². The zero-order chi connectivity index (χ0) is 16.6. The predicted octanol–water partition coefficient (Wildman–Crippen LogP) is 1.80. The Morgan fingerprint density at radius 2 is 1.92 bits per heavy atom. The largest absolute Gasteiger partial charge is 0.338 e. The minimum Gasteiger partial charge on any atom is -0.338 e. The number of aryl methyl sites for hydroxylation is 1. The van der Waals surface area contributed by atoms with Crippen LogP contribution in [-0.4, -0.2) is 58.1 Å². The number of benzene rings is 1. The highest BCUT2D eigenvalue weighted by molar-refractivity contribution is 5.74. The lowest BCUT2D eigenvalue weighted by atomic mass is 10.2. The maximum Gasteiger partial charge on any atom is 0.317 e.